The largest absolute Gasteiger partial charge is 0.418 e. The molecule has 2 N–H and O–H groups in total. The molecule has 1 aliphatic rings. The number of urea groups is 1. The number of alkyl halides is 3. The smallest absolute Gasteiger partial charge is 0.341 e. The van der Waals surface area contributed by atoms with Gasteiger partial charge in [-0.1, -0.05) is 12.1 Å². The van der Waals surface area contributed by atoms with E-state index in [0.717, 1.165) is 32.0 Å². The Kier molecular flexibility index (Phi) is 5.24. The monoisotopic (exact) mass is 365 g/mol. The topological polar surface area (TPSA) is 70.2 Å². The molecule has 3 rings (SSSR count). The summed E-state index contributed by atoms with van der Waals surface area (Å²) in [6.07, 6.45) is -0.755. The second-order valence-electron chi connectivity index (χ2n) is 5.89. The lowest BCUT2D eigenvalue weighted by molar-refractivity contribution is -0.136. The quantitative estimate of drug-likeness (QED) is 0.871. The Bertz CT molecular complexity index is 775. The second kappa shape index (κ2) is 7.59. The first-order valence-electron chi connectivity index (χ1n) is 8.21. The van der Waals surface area contributed by atoms with Crippen LogP contribution in [0.3, 0.4) is 0 Å². The van der Waals surface area contributed by atoms with E-state index in [1.807, 2.05) is 0 Å². The highest BCUT2D eigenvalue weighted by Gasteiger charge is 2.33. The van der Waals surface area contributed by atoms with Crippen LogP contribution in [-0.4, -0.2) is 29.1 Å². The van der Waals surface area contributed by atoms with Crippen molar-refractivity contribution >= 4 is 17.7 Å². The Labute approximate surface area is 148 Å². The van der Waals surface area contributed by atoms with Gasteiger partial charge in [-0.25, -0.2) is 14.8 Å². The maximum absolute atomic E-state index is 12.9. The number of aromatic nitrogens is 2. The van der Waals surface area contributed by atoms with Crippen molar-refractivity contribution in [3.05, 3.63) is 47.8 Å². The predicted octanol–water partition coefficient (Wildman–Crippen LogP) is 3.42. The van der Waals surface area contributed by atoms with Gasteiger partial charge in [0.15, 0.2) is 0 Å². The van der Waals surface area contributed by atoms with Crippen LogP contribution in [0, 0.1) is 0 Å². The lowest BCUT2D eigenvalue weighted by Crippen LogP contribution is -2.30. The summed E-state index contributed by atoms with van der Waals surface area (Å²) in [5, 5.41) is 4.75. The van der Waals surface area contributed by atoms with Crippen molar-refractivity contribution in [3.8, 4) is 0 Å². The summed E-state index contributed by atoms with van der Waals surface area (Å²) in [5.41, 5.74) is -0.604. The molecule has 0 aliphatic carbocycles. The standard InChI is InChI=1S/C17H18F3N5O/c18-17(19,20)13-5-1-2-6-14(13)24-16(26)22-11-12-7-8-21-15(23-12)25-9-3-4-10-25/h1-2,5-8H,3-4,9-11H2,(H2,22,24,26). The van der Waals surface area contributed by atoms with E-state index in [4.69, 9.17) is 0 Å². The summed E-state index contributed by atoms with van der Waals surface area (Å²) in [6.45, 7) is 1.88. The molecule has 26 heavy (non-hydrogen) atoms. The van der Waals surface area contributed by atoms with E-state index < -0.39 is 17.8 Å². The minimum atomic E-state index is -4.54. The Hall–Kier alpha value is -2.84. The Morgan fingerprint density at radius 3 is 2.62 bits per heavy atom. The van der Waals surface area contributed by atoms with Crippen LogP contribution in [0.15, 0.2) is 36.5 Å². The fourth-order valence-electron chi connectivity index (χ4n) is 2.73. The highest BCUT2D eigenvalue weighted by atomic mass is 19.4. The molecule has 0 saturated carbocycles. The number of hydrogen-bond acceptors (Lipinski definition) is 4. The number of para-hydroxylation sites is 1. The molecule has 0 radical (unpaired) electrons. The fourth-order valence-corrected chi connectivity index (χ4v) is 2.73. The normalized spacial score (nSPS) is 14.3. The summed E-state index contributed by atoms with van der Waals surface area (Å²) >= 11 is 0. The van der Waals surface area contributed by atoms with Crippen molar-refractivity contribution in [2.75, 3.05) is 23.3 Å². The first-order chi connectivity index (χ1) is 12.4. The van der Waals surface area contributed by atoms with Gasteiger partial charge in [-0.15, -0.1) is 0 Å². The molecule has 0 spiro atoms. The van der Waals surface area contributed by atoms with Gasteiger partial charge in [0.1, 0.15) is 0 Å². The molecule has 2 amide bonds. The van der Waals surface area contributed by atoms with Gasteiger partial charge in [0.25, 0.3) is 0 Å². The van der Waals surface area contributed by atoms with Gasteiger partial charge in [0.05, 0.1) is 23.5 Å². The number of anilines is 2. The van der Waals surface area contributed by atoms with Gasteiger partial charge in [0, 0.05) is 19.3 Å². The van der Waals surface area contributed by atoms with Gasteiger partial charge in [0.2, 0.25) is 5.95 Å². The second-order valence-corrected chi connectivity index (χ2v) is 5.89. The summed E-state index contributed by atoms with van der Waals surface area (Å²) < 4.78 is 38.8. The number of nitrogens with zero attached hydrogens (tertiary/aromatic N) is 3. The maximum atomic E-state index is 12.9. The molecule has 2 aromatic rings. The van der Waals surface area contributed by atoms with Gasteiger partial charge in [-0.3, -0.25) is 0 Å². The van der Waals surface area contributed by atoms with Crippen LogP contribution in [0.2, 0.25) is 0 Å². The number of nitrogens with one attached hydrogen (secondary N) is 2. The molecule has 0 atom stereocenters. The zero-order valence-corrected chi connectivity index (χ0v) is 13.9. The molecule has 138 valence electrons. The minimum absolute atomic E-state index is 0.0867. The van der Waals surface area contributed by atoms with Crippen molar-refractivity contribution in [1.29, 1.82) is 0 Å². The van der Waals surface area contributed by atoms with Crippen LogP contribution in [0.5, 0.6) is 0 Å². The number of halogens is 3. The zero-order valence-electron chi connectivity index (χ0n) is 13.9. The van der Waals surface area contributed by atoms with E-state index in [9.17, 15) is 18.0 Å². The maximum Gasteiger partial charge on any atom is 0.418 e. The van der Waals surface area contributed by atoms with Gasteiger partial charge < -0.3 is 15.5 Å². The summed E-state index contributed by atoms with van der Waals surface area (Å²) in [5.74, 6) is 0.602. The van der Waals surface area contributed by atoms with E-state index in [0.29, 0.717) is 11.6 Å². The van der Waals surface area contributed by atoms with Crippen molar-refractivity contribution in [2.24, 2.45) is 0 Å². The number of hydrogen-bond donors (Lipinski definition) is 2. The molecule has 1 saturated heterocycles. The zero-order chi connectivity index (χ0) is 18.6. The molecule has 6 nitrogen and oxygen atoms in total. The summed E-state index contributed by atoms with van der Waals surface area (Å²) in [7, 11) is 0. The number of amides is 2. The first-order valence-corrected chi connectivity index (χ1v) is 8.21. The van der Waals surface area contributed by atoms with Crippen LogP contribution in [0.1, 0.15) is 24.1 Å². The summed E-state index contributed by atoms with van der Waals surface area (Å²) in [6, 6.07) is 5.75. The van der Waals surface area contributed by atoms with Gasteiger partial charge >= 0.3 is 12.2 Å². The molecule has 1 aliphatic heterocycles. The van der Waals surface area contributed by atoms with E-state index in [1.165, 1.54) is 18.2 Å². The highest BCUT2D eigenvalue weighted by Crippen LogP contribution is 2.34. The summed E-state index contributed by atoms with van der Waals surface area (Å²) in [4.78, 5) is 22.6. The van der Waals surface area contributed by atoms with Crippen LogP contribution >= 0.6 is 0 Å². The molecule has 0 bridgehead atoms. The van der Waals surface area contributed by atoms with E-state index in [2.05, 4.69) is 25.5 Å². The third-order valence-corrected chi connectivity index (χ3v) is 4.00. The van der Waals surface area contributed by atoms with E-state index in [1.54, 1.807) is 12.3 Å². The Morgan fingerprint density at radius 1 is 1.15 bits per heavy atom. The predicted molar refractivity (Wildman–Crippen MR) is 90.8 cm³/mol. The van der Waals surface area contributed by atoms with Crippen molar-refractivity contribution in [2.45, 2.75) is 25.6 Å². The Morgan fingerprint density at radius 2 is 1.88 bits per heavy atom. The van der Waals surface area contributed by atoms with Crippen molar-refractivity contribution in [1.82, 2.24) is 15.3 Å². The molecular weight excluding hydrogens is 347 g/mol. The van der Waals surface area contributed by atoms with Crippen molar-refractivity contribution < 1.29 is 18.0 Å². The SMILES string of the molecule is O=C(NCc1ccnc(N2CCCC2)n1)Nc1ccccc1C(F)(F)F. The number of benzene rings is 1. The fraction of sp³-hybridized carbons (Fsp3) is 0.353. The van der Waals surface area contributed by atoms with Crippen LogP contribution in [-0.2, 0) is 12.7 Å². The minimum Gasteiger partial charge on any atom is -0.341 e. The van der Waals surface area contributed by atoms with Gasteiger partial charge in [-0.2, -0.15) is 13.2 Å². The molecule has 0 unspecified atom stereocenters. The Balaban J connectivity index is 1.61. The van der Waals surface area contributed by atoms with Crippen LogP contribution in [0.25, 0.3) is 0 Å². The first kappa shape index (κ1) is 18.0. The van der Waals surface area contributed by atoms with Gasteiger partial charge in [-0.05, 0) is 31.0 Å². The third-order valence-electron chi connectivity index (χ3n) is 4.00. The van der Waals surface area contributed by atoms with Crippen molar-refractivity contribution in [3.63, 3.8) is 0 Å². The molecular formula is C17H18F3N5O. The van der Waals surface area contributed by atoms with Crippen LogP contribution in [0.4, 0.5) is 29.6 Å². The number of carbonyl (C=O) groups excluding carboxylic acids is 1. The lowest BCUT2D eigenvalue weighted by Gasteiger charge is -2.16. The number of carbonyl (C=O) groups is 1. The molecule has 2 heterocycles. The molecule has 9 heteroatoms. The third kappa shape index (κ3) is 4.41. The van der Waals surface area contributed by atoms with E-state index in [-0.39, 0.29) is 12.2 Å². The van der Waals surface area contributed by atoms with Crippen LogP contribution < -0.4 is 15.5 Å². The number of rotatable bonds is 4. The molecule has 1 fully saturated rings. The van der Waals surface area contributed by atoms with E-state index >= 15 is 0 Å². The molecule has 1 aromatic heterocycles. The average molecular weight is 365 g/mol. The lowest BCUT2D eigenvalue weighted by atomic mass is 10.1. The highest BCUT2D eigenvalue weighted by molar-refractivity contribution is 5.90. The molecule has 1 aromatic carbocycles. The average Bonchev–Trinajstić information content (AvgIpc) is 3.14.